The highest BCUT2D eigenvalue weighted by molar-refractivity contribution is 5.03. The average Bonchev–Trinajstić information content (AvgIpc) is 2.13. The molecule has 0 aliphatic heterocycles. The van der Waals surface area contributed by atoms with Crippen LogP contribution in [0.5, 0.6) is 0 Å². The normalized spacial score (nSPS) is 12.3. The lowest BCUT2D eigenvalue weighted by atomic mass is 10.4. The van der Waals surface area contributed by atoms with Gasteiger partial charge in [-0.05, 0) is 26.3 Å². The largest absolute Gasteiger partial charge is 0.349 e. The minimum Gasteiger partial charge on any atom is -0.349 e. The van der Waals surface area contributed by atoms with E-state index < -0.39 is 0 Å². The summed E-state index contributed by atoms with van der Waals surface area (Å²) >= 11 is 0. The lowest BCUT2D eigenvalue weighted by molar-refractivity contribution is -0.103. The van der Waals surface area contributed by atoms with Crippen molar-refractivity contribution in [3.63, 3.8) is 0 Å². The Morgan fingerprint density at radius 1 is 1.00 bits per heavy atom. The summed E-state index contributed by atoms with van der Waals surface area (Å²) in [5, 5.41) is 0. The van der Waals surface area contributed by atoms with E-state index >= 15 is 0 Å². The van der Waals surface area contributed by atoms with E-state index in [-0.39, 0.29) is 6.29 Å². The number of hydrogen-bond acceptors (Lipinski definition) is 2. The fourth-order valence-electron chi connectivity index (χ4n) is 0.857. The van der Waals surface area contributed by atoms with Crippen molar-refractivity contribution in [2.24, 2.45) is 0 Å². The predicted molar refractivity (Wildman–Crippen MR) is 55.6 cm³/mol. The molecule has 0 N–H and O–H groups in total. The van der Waals surface area contributed by atoms with Crippen LogP contribution in [0.2, 0.25) is 0 Å². The zero-order chi connectivity index (χ0) is 9.94. The van der Waals surface area contributed by atoms with E-state index in [4.69, 9.17) is 9.47 Å². The molecular weight excluding hydrogens is 164 g/mol. The first-order chi connectivity index (χ1) is 6.35. The van der Waals surface area contributed by atoms with Gasteiger partial charge in [0.1, 0.15) is 0 Å². The monoisotopic (exact) mass is 184 g/mol. The quantitative estimate of drug-likeness (QED) is 0.447. The molecule has 0 aliphatic rings. The highest BCUT2D eigenvalue weighted by atomic mass is 16.7. The van der Waals surface area contributed by atoms with E-state index in [2.05, 4.69) is 13.0 Å². The molecule has 0 aromatic carbocycles. The minimum atomic E-state index is -0.198. The summed E-state index contributed by atoms with van der Waals surface area (Å²) in [6, 6.07) is 0. The zero-order valence-electron chi connectivity index (χ0n) is 8.82. The SMILES string of the molecule is CCC=CC=CC(OCC)OCC. The Balaban J connectivity index is 3.77. The van der Waals surface area contributed by atoms with Gasteiger partial charge < -0.3 is 9.47 Å². The summed E-state index contributed by atoms with van der Waals surface area (Å²) in [5.41, 5.74) is 0. The molecule has 2 heteroatoms. The minimum absolute atomic E-state index is 0.198. The number of rotatable bonds is 7. The van der Waals surface area contributed by atoms with Gasteiger partial charge in [0, 0.05) is 13.2 Å². The van der Waals surface area contributed by atoms with Crippen LogP contribution < -0.4 is 0 Å². The molecule has 0 unspecified atom stereocenters. The Bertz CT molecular complexity index is 144. The van der Waals surface area contributed by atoms with Crippen LogP contribution in [0.15, 0.2) is 24.3 Å². The highest BCUT2D eigenvalue weighted by Crippen LogP contribution is 1.97. The van der Waals surface area contributed by atoms with Crippen molar-refractivity contribution in [1.82, 2.24) is 0 Å². The van der Waals surface area contributed by atoms with Gasteiger partial charge in [0.25, 0.3) is 0 Å². The molecular formula is C11H20O2. The van der Waals surface area contributed by atoms with Crippen LogP contribution in [-0.2, 0) is 9.47 Å². The molecule has 0 rings (SSSR count). The van der Waals surface area contributed by atoms with Crippen LogP contribution >= 0.6 is 0 Å². The number of ether oxygens (including phenoxy) is 2. The van der Waals surface area contributed by atoms with Crippen molar-refractivity contribution in [3.8, 4) is 0 Å². The van der Waals surface area contributed by atoms with Crippen LogP contribution in [0.3, 0.4) is 0 Å². The molecule has 0 heterocycles. The maximum atomic E-state index is 5.32. The van der Waals surface area contributed by atoms with E-state index in [1.165, 1.54) is 0 Å². The van der Waals surface area contributed by atoms with Crippen LogP contribution in [0.25, 0.3) is 0 Å². The van der Waals surface area contributed by atoms with Gasteiger partial charge in [0.2, 0.25) is 0 Å². The van der Waals surface area contributed by atoms with Crippen molar-refractivity contribution < 1.29 is 9.47 Å². The molecule has 13 heavy (non-hydrogen) atoms. The molecule has 0 radical (unpaired) electrons. The molecule has 2 nitrogen and oxygen atoms in total. The van der Waals surface area contributed by atoms with Gasteiger partial charge in [-0.15, -0.1) is 0 Å². The topological polar surface area (TPSA) is 18.5 Å². The van der Waals surface area contributed by atoms with Crippen LogP contribution in [-0.4, -0.2) is 19.5 Å². The Labute approximate surface area is 81.2 Å². The Kier molecular flexibility index (Phi) is 9.05. The third kappa shape index (κ3) is 7.75. The zero-order valence-corrected chi connectivity index (χ0v) is 8.82. The molecule has 0 aromatic heterocycles. The first-order valence-corrected chi connectivity index (χ1v) is 4.91. The summed E-state index contributed by atoms with van der Waals surface area (Å²) in [5.74, 6) is 0. The maximum absolute atomic E-state index is 5.32. The van der Waals surface area contributed by atoms with E-state index in [1.807, 2.05) is 32.1 Å². The van der Waals surface area contributed by atoms with Gasteiger partial charge in [-0.2, -0.15) is 0 Å². The second-order valence-electron chi connectivity index (χ2n) is 2.50. The van der Waals surface area contributed by atoms with Gasteiger partial charge >= 0.3 is 0 Å². The molecule has 0 atom stereocenters. The molecule has 0 saturated heterocycles. The maximum Gasteiger partial charge on any atom is 0.177 e. The average molecular weight is 184 g/mol. The molecule has 0 bridgehead atoms. The summed E-state index contributed by atoms with van der Waals surface area (Å²) in [6.45, 7) is 7.37. The first-order valence-electron chi connectivity index (χ1n) is 4.91. The number of allylic oxidation sites excluding steroid dienone is 3. The summed E-state index contributed by atoms with van der Waals surface area (Å²) < 4.78 is 10.6. The third-order valence-corrected chi connectivity index (χ3v) is 1.41. The van der Waals surface area contributed by atoms with Crippen molar-refractivity contribution >= 4 is 0 Å². The fourth-order valence-corrected chi connectivity index (χ4v) is 0.857. The lowest BCUT2D eigenvalue weighted by Gasteiger charge is -2.11. The predicted octanol–water partition coefficient (Wildman–Crippen LogP) is 2.91. The van der Waals surface area contributed by atoms with Crippen molar-refractivity contribution in [2.75, 3.05) is 13.2 Å². The summed E-state index contributed by atoms with van der Waals surface area (Å²) in [7, 11) is 0. The van der Waals surface area contributed by atoms with Crippen LogP contribution in [0.4, 0.5) is 0 Å². The van der Waals surface area contributed by atoms with Gasteiger partial charge in [0.05, 0.1) is 0 Å². The summed E-state index contributed by atoms with van der Waals surface area (Å²) in [4.78, 5) is 0. The van der Waals surface area contributed by atoms with Crippen molar-refractivity contribution in [3.05, 3.63) is 24.3 Å². The van der Waals surface area contributed by atoms with Gasteiger partial charge in [-0.1, -0.05) is 25.2 Å². The van der Waals surface area contributed by atoms with Crippen LogP contribution in [0, 0.1) is 0 Å². The molecule has 0 aliphatic carbocycles. The van der Waals surface area contributed by atoms with E-state index in [0.717, 1.165) is 6.42 Å². The Morgan fingerprint density at radius 3 is 2.08 bits per heavy atom. The van der Waals surface area contributed by atoms with Crippen molar-refractivity contribution in [1.29, 1.82) is 0 Å². The highest BCUT2D eigenvalue weighted by Gasteiger charge is 1.99. The molecule has 76 valence electrons. The Morgan fingerprint density at radius 2 is 1.62 bits per heavy atom. The van der Waals surface area contributed by atoms with E-state index in [1.54, 1.807) is 0 Å². The van der Waals surface area contributed by atoms with Crippen molar-refractivity contribution in [2.45, 2.75) is 33.5 Å². The second-order valence-corrected chi connectivity index (χ2v) is 2.50. The molecule has 0 fully saturated rings. The third-order valence-electron chi connectivity index (χ3n) is 1.41. The van der Waals surface area contributed by atoms with Gasteiger partial charge in [-0.25, -0.2) is 0 Å². The van der Waals surface area contributed by atoms with E-state index in [0.29, 0.717) is 13.2 Å². The second kappa shape index (κ2) is 9.49. The lowest BCUT2D eigenvalue weighted by Crippen LogP contribution is -2.13. The Hall–Kier alpha value is -0.600. The first kappa shape index (κ1) is 12.4. The van der Waals surface area contributed by atoms with Crippen LogP contribution in [0.1, 0.15) is 27.2 Å². The molecule has 0 spiro atoms. The van der Waals surface area contributed by atoms with Gasteiger partial charge in [0.15, 0.2) is 6.29 Å². The standard InChI is InChI=1S/C11H20O2/c1-4-7-8-9-10-11(12-5-2)13-6-3/h7-11H,4-6H2,1-3H3. The molecule has 0 amide bonds. The van der Waals surface area contributed by atoms with Gasteiger partial charge in [-0.3, -0.25) is 0 Å². The number of hydrogen-bond donors (Lipinski definition) is 0. The van der Waals surface area contributed by atoms with E-state index in [9.17, 15) is 0 Å². The fraction of sp³-hybridized carbons (Fsp3) is 0.636. The molecule has 0 aromatic rings. The summed E-state index contributed by atoms with van der Waals surface area (Å²) in [6.07, 6.45) is 8.82. The smallest absolute Gasteiger partial charge is 0.177 e. The molecule has 0 saturated carbocycles.